The number of rotatable bonds is 14. The van der Waals surface area contributed by atoms with E-state index in [1.807, 2.05) is 0 Å². The van der Waals surface area contributed by atoms with E-state index in [1.54, 1.807) is 6.26 Å². The van der Waals surface area contributed by atoms with Gasteiger partial charge in [0.05, 0.1) is 25.6 Å². The SMILES string of the molecule is CSCCC(NC(=O)C(CO)NC(=O)C(CO)NC(=O)C(N)Cc1cnc[nH]1)C(=O)O. The van der Waals surface area contributed by atoms with E-state index in [-0.39, 0.29) is 12.8 Å². The minimum Gasteiger partial charge on any atom is -0.480 e. The maximum absolute atomic E-state index is 12.4. The highest BCUT2D eigenvalue weighted by atomic mass is 32.2. The van der Waals surface area contributed by atoms with Gasteiger partial charge in [0.25, 0.3) is 0 Å². The number of aromatic amines is 1. The zero-order chi connectivity index (χ0) is 23.4. The predicted molar refractivity (Wildman–Crippen MR) is 111 cm³/mol. The van der Waals surface area contributed by atoms with Crippen molar-refractivity contribution >= 4 is 35.5 Å². The molecule has 0 aliphatic carbocycles. The fourth-order valence-corrected chi connectivity index (χ4v) is 2.90. The number of aliphatic carboxylic acids is 1. The molecule has 4 atom stereocenters. The van der Waals surface area contributed by atoms with Crippen LogP contribution in [0.4, 0.5) is 0 Å². The molecule has 0 radical (unpaired) electrons. The standard InChI is InChI=1S/C17H28N6O7S/c1-31-3-2-11(17(29)30)21-15(27)13(7-25)23-16(28)12(6-24)22-14(26)10(18)4-9-5-19-8-20-9/h5,8,10-13,24-25H,2-4,6-7,18H2,1H3,(H,19,20)(H,21,27)(H,22,26)(H,23,28)(H,29,30). The summed E-state index contributed by atoms with van der Waals surface area (Å²) in [5.41, 5.74) is 6.37. The lowest BCUT2D eigenvalue weighted by Gasteiger charge is -2.23. The number of thioether (sulfide) groups is 1. The third-order valence-corrected chi connectivity index (χ3v) is 4.83. The lowest BCUT2D eigenvalue weighted by Crippen LogP contribution is -2.59. The smallest absolute Gasteiger partial charge is 0.326 e. The van der Waals surface area contributed by atoms with E-state index in [1.165, 1.54) is 24.3 Å². The van der Waals surface area contributed by atoms with E-state index in [0.29, 0.717) is 11.4 Å². The van der Waals surface area contributed by atoms with Gasteiger partial charge in [-0.2, -0.15) is 11.8 Å². The first-order valence-corrected chi connectivity index (χ1v) is 10.7. The number of carboxylic acid groups (broad SMARTS) is 1. The van der Waals surface area contributed by atoms with Crippen LogP contribution in [-0.4, -0.2) is 98.4 Å². The van der Waals surface area contributed by atoms with Gasteiger partial charge in [-0.05, 0) is 18.4 Å². The molecular formula is C17H28N6O7S. The van der Waals surface area contributed by atoms with Gasteiger partial charge in [0.15, 0.2) is 0 Å². The Kier molecular flexibility index (Phi) is 11.6. The van der Waals surface area contributed by atoms with Crippen LogP contribution < -0.4 is 21.7 Å². The second-order valence-electron chi connectivity index (χ2n) is 6.56. The van der Waals surface area contributed by atoms with Crippen molar-refractivity contribution in [3.05, 3.63) is 18.2 Å². The quantitative estimate of drug-likeness (QED) is 0.137. The summed E-state index contributed by atoms with van der Waals surface area (Å²) < 4.78 is 0. The summed E-state index contributed by atoms with van der Waals surface area (Å²) in [4.78, 5) is 54.7. The molecule has 31 heavy (non-hydrogen) atoms. The molecule has 0 spiro atoms. The van der Waals surface area contributed by atoms with Gasteiger partial charge >= 0.3 is 5.97 Å². The number of aliphatic hydroxyl groups excluding tert-OH is 2. The number of hydrogen-bond acceptors (Lipinski definition) is 9. The number of amides is 3. The molecular weight excluding hydrogens is 432 g/mol. The molecule has 1 heterocycles. The van der Waals surface area contributed by atoms with Gasteiger partial charge in [-0.25, -0.2) is 9.78 Å². The van der Waals surface area contributed by atoms with Crippen LogP contribution in [0.2, 0.25) is 0 Å². The molecule has 14 heteroatoms. The minimum atomic E-state index is -1.48. The Balaban J connectivity index is 2.67. The highest BCUT2D eigenvalue weighted by molar-refractivity contribution is 7.98. The van der Waals surface area contributed by atoms with Crippen molar-refractivity contribution in [3.8, 4) is 0 Å². The molecule has 0 saturated carbocycles. The van der Waals surface area contributed by atoms with Crippen LogP contribution >= 0.6 is 11.8 Å². The molecule has 0 aliphatic heterocycles. The molecule has 0 fully saturated rings. The maximum atomic E-state index is 12.4. The summed E-state index contributed by atoms with van der Waals surface area (Å²) >= 11 is 1.40. The van der Waals surface area contributed by atoms with Crippen molar-refractivity contribution in [3.63, 3.8) is 0 Å². The van der Waals surface area contributed by atoms with E-state index in [9.17, 15) is 34.5 Å². The van der Waals surface area contributed by atoms with Crippen LogP contribution in [0.25, 0.3) is 0 Å². The Morgan fingerprint density at radius 1 is 1.06 bits per heavy atom. The van der Waals surface area contributed by atoms with Crippen molar-refractivity contribution in [1.29, 1.82) is 0 Å². The van der Waals surface area contributed by atoms with Crippen molar-refractivity contribution in [2.45, 2.75) is 37.0 Å². The summed E-state index contributed by atoms with van der Waals surface area (Å²) in [7, 11) is 0. The first-order chi connectivity index (χ1) is 14.7. The van der Waals surface area contributed by atoms with Gasteiger partial charge in [-0.15, -0.1) is 0 Å². The zero-order valence-corrected chi connectivity index (χ0v) is 17.7. The number of nitrogens with two attached hydrogens (primary N) is 1. The van der Waals surface area contributed by atoms with E-state index in [4.69, 9.17) is 5.73 Å². The third-order valence-electron chi connectivity index (χ3n) is 4.19. The van der Waals surface area contributed by atoms with Crippen molar-refractivity contribution in [2.75, 3.05) is 25.2 Å². The predicted octanol–water partition coefficient (Wildman–Crippen LogP) is -3.44. The number of H-pyrrole nitrogens is 1. The molecule has 4 unspecified atom stereocenters. The number of carbonyl (C=O) groups is 4. The van der Waals surface area contributed by atoms with Crippen LogP contribution in [0.15, 0.2) is 12.5 Å². The summed E-state index contributed by atoms with van der Waals surface area (Å²) in [6.45, 7) is -1.61. The molecule has 1 aromatic rings. The molecule has 0 saturated heterocycles. The van der Waals surface area contributed by atoms with Crippen LogP contribution in [-0.2, 0) is 25.6 Å². The van der Waals surface area contributed by atoms with E-state index < -0.39 is 61.1 Å². The summed E-state index contributed by atoms with van der Waals surface area (Å²) in [6, 6.07) is -5.14. The van der Waals surface area contributed by atoms with Gasteiger partial charge < -0.3 is 42.0 Å². The first-order valence-electron chi connectivity index (χ1n) is 9.30. The van der Waals surface area contributed by atoms with Gasteiger partial charge in [0, 0.05) is 18.3 Å². The second kappa shape index (κ2) is 13.6. The number of aromatic nitrogens is 2. The number of imidazole rings is 1. The van der Waals surface area contributed by atoms with E-state index in [2.05, 4.69) is 25.9 Å². The minimum absolute atomic E-state index is 0.111. The Morgan fingerprint density at radius 3 is 2.06 bits per heavy atom. The van der Waals surface area contributed by atoms with Gasteiger partial charge in [-0.3, -0.25) is 14.4 Å². The van der Waals surface area contributed by atoms with Crippen molar-refractivity contribution in [2.24, 2.45) is 5.73 Å². The summed E-state index contributed by atoms with van der Waals surface area (Å²) in [6.07, 6.45) is 4.94. The van der Waals surface area contributed by atoms with Crippen LogP contribution in [0, 0.1) is 0 Å². The number of nitrogens with one attached hydrogen (secondary N) is 4. The molecule has 0 aliphatic rings. The molecule has 0 aromatic carbocycles. The summed E-state index contributed by atoms with van der Waals surface area (Å²) in [5, 5.41) is 34.7. The lowest BCUT2D eigenvalue weighted by molar-refractivity contribution is -0.142. The first kappa shape index (κ1) is 26.4. The Hall–Kier alpha value is -2.68. The van der Waals surface area contributed by atoms with Crippen LogP contribution in [0.3, 0.4) is 0 Å². The maximum Gasteiger partial charge on any atom is 0.326 e. The Morgan fingerprint density at radius 2 is 1.61 bits per heavy atom. The molecule has 13 nitrogen and oxygen atoms in total. The number of nitrogens with zero attached hydrogens (tertiary/aromatic N) is 1. The number of hydrogen-bond donors (Lipinski definition) is 8. The molecule has 1 rings (SSSR count). The highest BCUT2D eigenvalue weighted by Gasteiger charge is 2.29. The number of aliphatic hydroxyl groups is 2. The van der Waals surface area contributed by atoms with Gasteiger partial charge in [0.2, 0.25) is 17.7 Å². The lowest BCUT2D eigenvalue weighted by atomic mass is 10.1. The summed E-state index contributed by atoms with van der Waals surface area (Å²) in [5.74, 6) is -3.36. The molecule has 0 bridgehead atoms. The molecule has 9 N–H and O–H groups in total. The Bertz CT molecular complexity index is 733. The number of carboxylic acids is 1. The van der Waals surface area contributed by atoms with Crippen molar-refractivity contribution < 1.29 is 34.5 Å². The second-order valence-corrected chi connectivity index (χ2v) is 7.54. The molecule has 3 amide bonds. The monoisotopic (exact) mass is 460 g/mol. The van der Waals surface area contributed by atoms with Crippen molar-refractivity contribution in [1.82, 2.24) is 25.9 Å². The van der Waals surface area contributed by atoms with Crippen LogP contribution in [0.5, 0.6) is 0 Å². The molecule has 174 valence electrons. The van der Waals surface area contributed by atoms with Gasteiger partial charge in [0.1, 0.15) is 18.1 Å². The van der Waals surface area contributed by atoms with Crippen LogP contribution in [0.1, 0.15) is 12.1 Å². The molecule has 1 aromatic heterocycles. The van der Waals surface area contributed by atoms with E-state index in [0.717, 1.165) is 0 Å². The largest absolute Gasteiger partial charge is 0.480 e. The van der Waals surface area contributed by atoms with E-state index >= 15 is 0 Å². The Labute approximate surface area is 182 Å². The topological polar surface area (TPSA) is 220 Å². The normalized spacial score (nSPS) is 14.7. The third kappa shape index (κ3) is 8.92. The average Bonchev–Trinajstić information content (AvgIpc) is 3.25. The zero-order valence-electron chi connectivity index (χ0n) is 16.9. The van der Waals surface area contributed by atoms with Gasteiger partial charge in [-0.1, -0.05) is 0 Å². The average molecular weight is 461 g/mol. The fourth-order valence-electron chi connectivity index (χ4n) is 2.43. The highest BCUT2D eigenvalue weighted by Crippen LogP contribution is 2.02. The number of carbonyl (C=O) groups excluding carboxylic acids is 3. The fraction of sp³-hybridized carbons (Fsp3) is 0.588.